The van der Waals surface area contributed by atoms with E-state index in [1.165, 1.54) is 11.1 Å². The molecule has 0 aliphatic heterocycles. The van der Waals surface area contributed by atoms with Gasteiger partial charge in [-0.05, 0) is 74.6 Å². The van der Waals surface area contributed by atoms with Crippen molar-refractivity contribution in [3.8, 4) is 5.75 Å². The molecule has 0 spiro atoms. The second kappa shape index (κ2) is 7.84. The van der Waals surface area contributed by atoms with Crippen LogP contribution < -0.4 is 10.1 Å². The summed E-state index contributed by atoms with van der Waals surface area (Å²) in [5, 5.41) is 2.98. The standard InChI is InChI=1S/C20H24BrNO2/c1-12-6-7-17(8-13(12)2)16(5)22-19(23)11-24-18-9-14(3)20(21)15(4)10-18/h6-10,16H,11H2,1-5H3,(H,22,23). The Morgan fingerprint density at radius 2 is 1.67 bits per heavy atom. The highest BCUT2D eigenvalue weighted by atomic mass is 79.9. The highest BCUT2D eigenvalue weighted by molar-refractivity contribution is 9.10. The van der Waals surface area contributed by atoms with Gasteiger partial charge in [0.2, 0.25) is 0 Å². The zero-order valence-corrected chi connectivity index (χ0v) is 16.5. The van der Waals surface area contributed by atoms with Crippen LogP contribution in [0.25, 0.3) is 0 Å². The van der Waals surface area contributed by atoms with Crippen molar-refractivity contribution in [2.75, 3.05) is 6.61 Å². The predicted molar refractivity (Wildman–Crippen MR) is 102 cm³/mol. The Labute approximate surface area is 152 Å². The first-order chi connectivity index (χ1) is 11.3. The summed E-state index contributed by atoms with van der Waals surface area (Å²) >= 11 is 3.53. The van der Waals surface area contributed by atoms with Crippen LogP contribution in [0.5, 0.6) is 5.75 Å². The minimum atomic E-state index is -0.126. The van der Waals surface area contributed by atoms with Gasteiger partial charge in [0, 0.05) is 4.47 Å². The minimum Gasteiger partial charge on any atom is -0.484 e. The lowest BCUT2D eigenvalue weighted by Gasteiger charge is -2.16. The number of carbonyl (C=O) groups excluding carboxylic acids is 1. The van der Waals surface area contributed by atoms with Crippen molar-refractivity contribution in [1.82, 2.24) is 5.32 Å². The molecule has 24 heavy (non-hydrogen) atoms. The normalized spacial score (nSPS) is 11.9. The molecule has 2 rings (SSSR count). The number of carbonyl (C=O) groups is 1. The van der Waals surface area contributed by atoms with Crippen LogP contribution in [0.15, 0.2) is 34.8 Å². The zero-order chi connectivity index (χ0) is 17.9. The molecule has 0 heterocycles. The monoisotopic (exact) mass is 389 g/mol. The maximum absolute atomic E-state index is 12.1. The molecule has 128 valence electrons. The van der Waals surface area contributed by atoms with E-state index in [0.29, 0.717) is 5.75 Å². The van der Waals surface area contributed by atoms with Gasteiger partial charge in [0.15, 0.2) is 6.61 Å². The fourth-order valence-electron chi connectivity index (χ4n) is 2.54. The molecule has 0 saturated heterocycles. The van der Waals surface area contributed by atoms with Crippen LogP contribution in [-0.2, 0) is 4.79 Å². The summed E-state index contributed by atoms with van der Waals surface area (Å²) in [6.45, 7) is 10.2. The molecule has 1 unspecified atom stereocenters. The van der Waals surface area contributed by atoms with E-state index in [1.54, 1.807) is 0 Å². The van der Waals surface area contributed by atoms with Crippen molar-refractivity contribution in [3.63, 3.8) is 0 Å². The maximum atomic E-state index is 12.1. The number of hydrogen-bond acceptors (Lipinski definition) is 2. The third-order valence-corrected chi connectivity index (χ3v) is 5.44. The van der Waals surface area contributed by atoms with E-state index in [9.17, 15) is 4.79 Å². The van der Waals surface area contributed by atoms with Gasteiger partial charge >= 0.3 is 0 Å². The fourth-order valence-corrected chi connectivity index (χ4v) is 2.77. The summed E-state index contributed by atoms with van der Waals surface area (Å²) in [5.41, 5.74) is 5.76. The Bertz CT molecular complexity index is 732. The number of aryl methyl sites for hydroxylation is 4. The quantitative estimate of drug-likeness (QED) is 0.786. The van der Waals surface area contributed by atoms with E-state index in [1.807, 2.05) is 32.9 Å². The van der Waals surface area contributed by atoms with Gasteiger partial charge in [0.25, 0.3) is 5.91 Å². The number of amides is 1. The molecule has 3 nitrogen and oxygen atoms in total. The number of rotatable bonds is 5. The third kappa shape index (κ3) is 4.60. The maximum Gasteiger partial charge on any atom is 0.258 e. The molecule has 1 N–H and O–H groups in total. The Hall–Kier alpha value is -1.81. The predicted octanol–water partition coefficient (Wildman–Crippen LogP) is 4.94. The Kier molecular flexibility index (Phi) is 6.05. The minimum absolute atomic E-state index is 0.00962. The smallest absolute Gasteiger partial charge is 0.258 e. The summed E-state index contributed by atoms with van der Waals surface area (Å²) < 4.78 is 6.70. The topological polar surface area (TPSA) is 38.3 Å². The highest BCUT2D eigenvalue weighted by Crippen LogP contribution is 2.26. The van der Waals surface area contributed by atoms with E-state index in [0.717, 1.165) is 21.2 Å². The first-order valence-corrected chi connectivity index (χ1v) is 8.83. The molecule has 0 saturated carbocycles. The van der Waals surface area contributed by atoms with Crippen molar-refractivity contribution in [2.24, 2.45) is 0 Å². The lowest BCUT2D eigenvalue weighted by molar-refractivity contribution is -0.123. The van der Waals surface area contributed by atoms with E-state index >= 15 is 0 Å². The Morgan fingerprint density at radius 3 is 2.25 bits per heavy atom. The van der Waals surface area contributed by atoms with Crippen molar-refractivity contribution >= 4 is 21.8 Å². The lowest BCUT2D eigenvalue weighted by Crippen LogP contribution is -2.31. The first-order valence-electron chi connectivity index (χ1n) is 8.04. The van der Waals surface area contributed by atoms with Crippen LogP contribution in [-0.4, -0.2) is 12.5 Å². The van der Waals surface area contributed by atoms with Gasteiger partial charge in [-0.3, -0.25) is 4.79 Å². The molecule has 0 bridgehead atoms. The summed E-state index contributed by atoms with van der Waals surface area (Å²) in [6.07, 6.45) is 0. The van der Waals surface area contributed by atoms with E-state index in [2.05, 4.69) is 53.3 Å². The molecule has 2 aromatic carbocycles. The highest BCUT2D eigenvalue weighted by Gasteiger charge is 2.11. The SMILES string of the molecule is Cc1ccc(C(C)NC(=O)COc2cc(C)c(Br)c(C)c2)cc1C. The fraction of sp³-hybridized carbons (Fsp3) is 0.350. The molecule has 0 radical (unpaired) electrons. The average molecular weight is 390 g/mol. The molecular weight excluding hydrogens is 366 g/mol. The van der Waals surface area contributed by atoms with Crippen molar-refractivity contribution in [1.29, 1.82) is 0 Å². The van der Waals surface area contributed by atoms with E-state index < -0.39 is 0 Å². The zero-order valence-electron chi connectivity index (χ0n) is 14.9. The lowest BCUT2D eigenvalue weighted by atomic mass is 10.0. The average Bonchev–Trinajstić information content (AvgIpc) is 2.53. The van der Waals surface area contributed by atoms with Gasteiger partial charge in [-0.1, -0.05) is 34.1 Å². The number of halogens is 1. The summed E-state index contributed by atoms with van der Waals surface area (Å²) in [4.78, 5) is 12.1. The number of hydrogen-bond donors (Lipinski definition) is 1. The largest absolute Gasteiger partial charge is 0.484 e. The van der Waals surface area contributed by atoms with E-state index in [4.69, 9.17) is 4.74 Å². The van der Waals surface area contributed by atoms with Crippen LogP contribution in [0.1, 0.15) is 40.8 Å². The molecule has 1 atom stereocenters. The van der Waals surface area contributed by atoms with Crippen LogP contribution in [0.4, 0.5) is 0 Å². The molecular formula is C20H24BrNO2. The Balaban J connectivity index is 1.94. The van der Waals surface area contributed by atoms with Crippen LogP contribution in [0.2, 0.25) is 0 Å². The van der Waals surface area contributed by atoms with Gasteiger partial charge in [-0.25, -0.2) is 0 Å². The van der Waals surface area contributed by atoms with Crippen LogP contribution in [0.3, 0.4) is 0 Å². The second-order valence-electron chi connectivity index (χ2n) is 6.29. The Morgan fingerprint density at radius 1 is 1.04 bits per heavy atom. The summed E-state index contributed by atoms with van der Waals surface area (Å²) in [7, 11) is 0. The van der Waals surface area contributed by atoms with Gasteiger partial charge in [-0.2, -0.15) is 0 Å². The summed E-state index contributed by atoms with van der Waals surface area (Å²) in [5.74, 6) is 0.584. The second-order valence-corrected chi connectivity index (χ2v) is 7.09. The molecule has 0 aliphatic rings. The third-order valence-electron chi connectivity index (χ3n) is 4.19. The number of ether oxygens (including phenoxy) is 1. The van der Waals surface area contributed by atoms with Crippen LogP contribution >= 0.6 is 15.9 Å². The molecule has 0 fully saturated rings. The van der Waals surface area contributed by atoms with Crippen molar-refractivity contribution < 1.29 is 9.53 Å². The van der Waals surface area contributed by atoms with Gasteiger partial charge in [0.05, 0.1) is 6.04 Å². The van der Waals surface area contributed by atoms with E-state index in [-0.39, 0.29) is 18.6 Å². The molecule has 2 aromatic rings. The number of nitrogens with one attached hydrogen (secondary N) is 1. The van der Waals surface area contributed by atoms with Crippen molar-refractivity contribution in [3.05, 3.63) is 62.6 Å². The molecule has 4 heteroatoms. The van der Waals surface area contributed by atoms with Crippen LogP contribution in [0, 0.1) is 27.7 Å². The molecule has 0 aliphatic carbocycles. The first kappa shape index (κ1) is 18.5. The van der Waals surface area contributed by atoms with Crippen molar-refractivity contribution in [2.45, 2.75) is 40.7 Å². The van der Waals surface area contributed by atoms with Gasteiger partial charge in [0.1, 0.15) is 5.75 Å². The van der Waals surface area contributed by atoms with Gasteiger partial charge < -0.3 is 10.1 Å². The molecule has 1 amide bonds. The number of benzene rings is 2. The van der Waals surface area contributed by atoms with Gasteiger partial charge in [-0.15, -0.1) is 0 Å². The summed E-state index contributed by atoms with van der Waals surface area (Å²) in [6, 6.07) is 10.1. The molecule has 0 aromatic heterocycles.